The number of nitrogens with zero attached hydrogens (tertiary/aromatic N) is 1. The van der Waals surface area contributed by atoms with Gasteiger partial charge in [-0.3, -0.25) is 9.89 Å². The SMILES string of the molecule is O=c1cc[nH]n1Br. The van der Waals surface area contributed by atoms with Crippen LogP contribution in [0, 0.1) is 0 Å². The van der Waals surface area contributed by atoms with Gasteiger partial charge >= 0.3 is 0 Å². The largest absolute Gasteiger partial charge is 0.292 e. The highest BCUT2D eigenvalue weighted by molar-refractivity contribution is 9.08. The van der Waals surface area contributed by atoms with Gasteiger partial charge in [0.05, 0.1) is 16.1 Å². The smallest absolute Gasteiger partial charge is 0.276 e. The molecule has 0 saturated carbocycles. The fraction of sp³-hybridized carbons (Fsp3) is 0. The molecule has 1 heterocycles. The lowest BCUT2D eigenvalue weighted by Crippen LogP contribution is -2.03. The Morgan fingerprint density at radius 3 is 2.71 bits per heavy atom. The van der Waals surface area contributed by atoms with Crippen LogP contribution in [-0.4, -0.2) is 8.81 Å². The van der Waals surface area contributed by atoms with Crippen molar-refractivity contribution in [2.45, 2.75) is 0 Å². The summed E-state index contributed by atoms with van der Waals surface area (Å²) in [6, 6.07) is 1.43. The van der Waals surface area contributed by atoms with Crippen LogP contribution in [0.25, 0.3) is 0 Å². The molecule has 0 unspecified atom stereocenters. The first-order valence-corrected chi connectivity index (χ1v) is 2.44. The highest BCUT2D eigenvalue weighted by atomic mass is 79.9. The lowest BCUT2D eigenvalue weighted by molar-refractivity contribution is 0.997. The van der Waals surface area contributed by atoms with Gasteiger partial charge in [-0.2, -0.15) is 3.71 Å². The monoisotopic (exact) mass is 162 g/mol. The molecule has 0 fully saturated rings. The van der Waals surface area contributed by atoms with E-state index in [0.717, 1.165) is 0 Å². The van der Waals surface area contributed by atoms with Crippen molar-refractivity contribution in [1.82, 2.24) is 8.81 Å². The third-order valence-electron chi connectivity index (χ3n) is 0.607. The van der Waals surface area contributed by atoms with Gasteiger partial charge in [0, 0.05) is 12.3 Å². The summed E-state index contributed by atoms with van der Waals surface area (Å²) in [6.45, 7) is 0. The van der Waals surface area contributed by atoms with Gasteiger partial charge in [-0.05, 0) is 0 Å². The van der Waals surface area contributed by atoms with Crippen molar-refractivity contribution in [1.29, 1.82) is 0 Å². The van der Waals surface area contributed by atoms with Crippen molar-refractivity contribution in [2.75, 3.05) is 0 Å². The summed E-state index contributed by atoms with van der Waals surface area (Å²) >= 11 is 2.91. The molecule has 1 aromatic rings. The molecule has 1 rings (SSSR count). The fourth-order valence-corrected chi connectivity index (χ4v) is 0.539. The Labute approximate surface area is 48.3 Å². The van der Waals surface area contributed by atoms with Crippen LogP contribution in [0.4, 0.5) is 0 Å². The predicted octanol–water partition coefficient (Wildman–Crippen LogP) is 0.334. The van der Waals surface area contributed by atoms with E-state index in [-0.39, 0.29) is 5.56 Å². The first-order valence-electron chi connectivity index (χ1n) is 1.73. The van der Waals surface area contributed by atoms with Crippen LogP contribution in [0.3, 0.4) is 0 Å². The zero-order chi connectivity index (χ0) is 5.28. The molecule has 0 atom stereocenters. The molecule has 1 aromatic heterocycles. The van der Waals surface area contributed by atoms with E-state index in [0.29, 0.717) is 0 Å². The number of aromatic nitrogens is 2. The molecule has 38 valence electrons. The second kappa shape index (κ2) is 1.54. The van der Waals surface area contributed by atoms with Gasteiger partial charge in [0.25, 0.3) is 5.56 Å². The maximum atomic E-state index is 10.3. The van der Waals surface area contributed by atoms with Gasteiger partial charge in [0.15, 0.2) is 0 Å². The molecule has 0 aliphatic heterocycles. The van der Waals surface area contributed by atoms with E-state index in [1.165, 1.54) is 9.77 Å². The molecule has 0 aromatic carbocycles. The first-order chi connectivity index (χ1) is 3.30. The van der Waals surface area contributed by atoms with Crippen molar-refractivity contribution in [3.05, 3.63) is 22.6 Å². The summed E-state index contributed by atoms with van der Waals surface area (Å²) in [7, 11) is 0. The minimum absolute atomic E-state index is 0.0833. The molecule has 0 saturated heterocycles. The van der Waals surface area contributed by atoms with E-state index >= 15 is 0 Å². The minimum Gasteiger partial charge on any atom is -0.292 e. The van der Waals surface area contributed by atoms with Crippen molar-refractivity contribution < 1.29 is 0 Å². The van der Waals surface area contributed by atoms with E-state index in [9.17, 15) is 4.79 Å². The van der Waals surface area contributed by atoms with Crippen molar-refractivity contribution in [3.8, 4) is 0 Å². The summed E-state index contributed by atoms with van der Waals surface area (Å²) < 4.78 is 1.22. The molecule has 1 N–H and O–H groups in total. The van der Waals surface area contributed by atoms with Crippen molar-refractivity contribution in [2.24, 2.45) is 0 Å². The quantitative estimate of drug-likeness (QED) is 0.588. The number of H-pyrrole nitrogens is 1. The molecule has 0 amide bonds. The Balaban J connectivity index is 3.39. The Morgan fingerprint density at radius 1 is 1.86 bits per heavy atom. The first kappa shape index (κ1) is 4.64. The molecule has 0 aliphatic carbocycles. The maximum Gasteiger partial charge on any atom is 0.276 e. The molecule has 0 aliphatic rings. The van der Waals surface area contributed by atoms with Crippen LogP contribution in [0.5, 0.6) is 0 Å². The molecular formula is C3H3BrN2O. The number of hydrogen-bond acceptors (Lipinski definition) is 1. The molecule has 4 heteroatoms. The Kier molecular flexibility index (Phi) is 1.02. The molecule has 0 radical (unpaired) electrons. The zero-order valence-corrected chi connectivity index (χ0v) is 4.97. The normalized spacial score (nSPS) is 9.29. The summed E-state index contributed by atoms with van der Waals surface area (Å²) in [5.74, 6) is 0. The Bertz CT molecular complexity index is 201. The van der Waals surface area contributed by atoms with Crippen molar-refractivity contribution in [3.63, 3.8) is 0 Å². The summed E-state index contributed by atoms with van der Waals surface area (Å²) in [5.41, 5.74) is -0.0833. The van der Waals surface area contributed by atoms with E-state index in [1.807, 2.05) is 0 Å². The van der Waals surface area contributed by atoms with Crippen LogP contribution in [0.15, 0.2) is 17.1 Å². The fourth-order valence-electron chi connectivity index (χ4n) is 0.303. The third-order valence-corrected chi connectivity index (χ3v) is 1.16. The number of hydrogen-bond donors (Lipinski definition) is 1. The summed E-state index contributed by atoms with van der Waals surface area (Å²) in [5, 5.41) is 2.59. The second-order valence-electron chi connectivity index (χ2n) is 1.08. The van der Waals surface area contributed by atoms with E-state index in [1.54, 1.807) is 6.20 Å². The molecule has 0 bridgehead atoms. The van der Waals surface area contributed by atoms with Crippen LogP contribution < -0.4 is 5.56 Å². The molecule has 7 heavy (non-hydrogen) atoms. The van der Waals surface area contributed by atoms with Crippen LogP contribution in [0.2, 0.25) is 0 Å². The van der Waals surface area contributed by atoms with Crippen LogP contribution in [-0.2, 0) is 0 Å². The zero-order valence-electron chi connectivity index (χ0n) is 3.39. The minimum atomic E-state index is -0.0833. The predicted molar refractivity (Wildman–Crippen MR) is 29.4 cm³/mol. The highest BCUT2D eigenvalue weighted by Gasteiger charge is 1.83. The van der Waals surface area contributed by atoms with Gasteiger partial charge in [-0.15, -0.1) is 0 Å². The van der Waals surface area contributed by atoms with Crippen LogP contribution >= 0.6 is 16.1 Å². The highest BCUT2D eigenvalue weighted by Crippen LogP contribution is 1.77. The number of nitrogens with one attached hydrogen (secondary N) is 1. The topological polar surface area (TPSA) is 37.8 Å². The van der Waals surface area contributed by atoms with Gasteiger partial charge < -0.3 is 0 Å². The van der Waals surface area contributed by atoms with E-state index in [4.69, 9.17) is 0 Å². The Hall–Kier alpha value is -0.510. The lowest BCUT2D eigenvalue weighted by Gasteiger charge is -1.75. The van der Waals surface area contributed by atoms with Gasteiger partial charge in [0.2, 0.25) is 0 Å². The second-order valence-corrected chi connectivity index (χ2v) is 1.79. The van der Waals surface area contributed by atoms with Crippen LogP contribution in [0.1, 0.15) is 0 Å². The average molecular weight is 163 g/mol. The molecule has 3 nitrogen and oxygen atoms in total. The average Bonchev–Trinajstić information content (AvgIpc) is 1.91. The number of rotatable bonds is 0. The van der Waals surface area contributed by atoms with E-state index in [2.05, 4.69) is 21.2 Å². The van der Waals surface area contributed by atoms with Gasteiger partial charge in [-0.1, -0.05) is 0 Å². The maximum absolute atomic E-state index is 10.3. The molecular weight excluding hydrogens is 160 g/mol. The van der Waals surface area contributed by atoms with E-state index < -0.39 is 0 Å². The summed E-state index contributed by atoms with van der Waals surface area (Å²) in [4.78, 5) is 10.3. The van der Waals surface area contributed by atoms with Gasteiger partial charge in [-0.25, -0.2) is 0 Å². The third kappa shape index (κ3) is 0.742. The molecule has 0 spiro atoms. The standard InChI is InChI=1S/C3H3BrN2O/c4-6-3(7)1-2-5-6/h1-2,5H. The lowest BCUT2D eigenvalue weighted by atomic mass is 10.7. The van der Waals surface area contributed by atoms with Gasteiger partial charge in [0.1, 0.15) is 0 Å². The number of halogens is 1. The Morgan fingerprint density at radius 2 is 2.57 bits per heavy atom. The summed E-state index contributed by atoms with van der Waals surface area (Å²) in [6.07, 6.45) is 1.55. The number of aromatic amines is 1. The van der Waals surface area contributed by atoms with Crippen molar-refractivity contribution >= 4 is 16.1 Å².